The van der Waals surface area contributed by atoms with Crippen molar-refractivity contribution in [1.29, 1.82) is 0 Å². The molecule has 0 saturated carbocycles. The van der Waals surface area contributed by atoms with E-state index in [-0.39, 0.29) is 6.04 Å². The second-order valence-electron chi connectivity index (χ2n) is 4.39. The quantitative estimate of drug-likeness (QED) is 0.857. The normalized spacial score (nSPS) is 11.9. The molecule has 3 N–H and O–H groups in total. The minimum absolute atomic E-state index is 0.0862. The topological polar surface area (TPSA) is 73.1 Å². The van der Waals surface area contributed by atoms with Gasteiger partial charge in [0.25, 0.3) is 0 Å². The van der Waals surface area contributed by atoms with Gasteiger partial charge in [0.1, 0.15) is 11.6 Å². The van der Waals surface area contributed by atoms with Crippen molar-refractivity contribution in [3.05, 3.63) is 36.4 Å². The Morgan fingerprint density at radius 2 is 1.89 bits per heavy atom. The van der Waals surface area contributed by atoms with Crippen LogP contribution in [-0.2, 0) is 0 Å². The number of rotatable bonds is 5. The predicted octanol–water partition coefficient (Wildman–Crippen LogP) is 1.91. The highest BCUT2D eigenvalue weighted by Crippen LogP contribution is 2.20. The van der Waals surface area contributed by atoms with Crippen molar-refractivity contribution >= 4 is 5.82 Å². The van der Waals surface area contributed by atoms with E-state index in [2.05, 4.69) is 15.5 Å². The Morgan fingerprint density at radius 3 is 2.42 bits per heavy atom. The Balaban J connectivity index is 2.08. The summed E-state index contributed by atoms with van der Waals surface area (Å²) < 4.78 is 5.12. The lowest BCUT2D eigenvalue weighted by atomic mass is 10.1. The average Bonchev–Trinajstić information content (AvgIpc) is 2.46. The standard InChI is InChI=1S/C14H18N4O/c1-10(15)9-16-14-8-7-13(17-18-14)11-3-5-12(19-2)6-4-11/h3-8,10H,9,15H2,1-2H3,(H,16,18). The molecule has 0 aliphatic heterocycles. The van der Waals surface area contributed by atoms with Crippen LogP contribution in [0.15, 0.2) is 36.4 Å². The van der Waals surface area contributed by atoms with Gasteiger partial charge in [0, 0.05) is 18.2 Å². The van der Waals surface area contributed by atoms with Crippen LogP contribution in [-0.4, -0.2) is 29.9 Å². The molecule has 2 aromatic rings. The maximum absolute atomic E-state index is 5.67. The van der Waals surface area contributed by atoms with E-state index >= 15 is 0 Å². The van der Waals surface area contributed by atoms with Crippen molar-refractivity contribution in [1.82, 2.24) is 10.2 Å². The van der Waals surface area contributed by atoms with Crippen molar-refractivity contribution in [3.63, 3.8) is 0 Å². The molecule has 1 aromatic heterocycles. The summed E-state index contributed by atoms with van der Waals surface area (Å²) >= 11 is 0. The number of nitrogens with zero attached hydrogens (tertiary/aromatic N) is 2. The molecule has 1 atom stereocenters. The second-order valence-corrected chi connectivity index (χ2v) is 4.39. The third kappa shape index (κ3) is 3.66. The van der Waals surface area contributed by atoms with Gasteiger partial charge in [-0.3, -0.25) is 0 Å². The Labute approximate surface area is 112 Å². The van der Waals surface area contributed by atoms with Crippen molar-refractivity contribution in [2.45, 2.75) is 13.0 Å². The monoisotopic (exact) mass is 258 g/mol. The summed E-state index contributed by atoms with van der Waals surface area (Å²) in [6, 6.07) is 11.6. The Hall–Kier alpha value is -2.14. The summed E-state index contributed by atoms with van der Waals surface area (Å²) in [5, 5.41) is 11.4. The zero-order valence-corrected chi connectivity index (χ0v) is 11.1. The minimum atomic E-state index is 0.0862. The van der Waals surface area contributed by atoms with Crippen molar-refractivity contribution in [2.75, 3.05) is 19.0 Å². The number of ether oxygens (including phenoxy) is 1. The molecule has 0 aliphatic rings. The Kier molecular flexibility index (Phi) is 4.30. The third-order valence-electron chi connectivity index (χ3n) is 2.66. The summed E-state index contributed by atoms with van der Waals surface area (Å²) in [5.74, 6) is 1.56. The summed E-state index contributed by atoms with van der Waals surface area (Å²) in [4.78, 5) is 0. The van der Waals surface area contributed by atoms with Gasteiger partial charge in [-0.25, -0.2) is 0 Å². The molecule has 19 heavy (non-hydrogen) atoms. The number of aromatic nitrogens is 2. The molecule has 0 fully saturated rings. The van der Waals surface area contributed by atoms with E-state index in [1.807, 2.05) is 43.3 Å². The highest BCUT2D eigenvalue weighted by Gasteiger charge is 2.02. The van der Waals surface area contributed by atoms with Crippen LogP contribution in [0.3, 0.4) is 0 Å². The maximum Gasteiger partial charge on any atom is 0.148 e. The second kappa shape index (κ2) is 6.15. The number of methoxy groups -OCH3 is 1. The van der Waals surface area contributed by atoms with Gasteiger partial charge >= 0.3 is 0 Å². The minimum Gasteiger partial charge on any atom is -0.497 e. The van der Waals surface area contributed by atoms with Crippen LogP contribution in [0.5, 0.6) is 5.75 Å². The van der Waals surface area contributed by atoms with E-state index in [4.69, 9.17) is 10.5 Å². The molecular weight excluding hydrogens is 240 g/mol. The molecule has 0 aliphatic carbocycles. The molecule has 100 valence electrons. The maximum atomic E-state index is 5.67. The van der Waals surface area contributed by atoms with E-state index in [1.54, 1.807) is 7.11 Å². The first-order valence-electron chi connectivity index (χ1n) is 6.16. The fourth-order valence-electron chi connectivity index (χ4n) is 1.61. The molecule has 1 unspecified atom stereocenters. The number of hydrogen-bond acceptors (Lipinski definition) is 5. The SMILES string of the molecule is COc1ccc(-c2ccc(NCC(C)N)nn2)cc1. The van der Waals surface area contributed by atoms with Crippen LogP contribution in [0.25, 0.3) is 11.3 Å². The van der Waals surface area contributed by atoms with E-state index < -0.39 is 0 Å². The van der Waals surface area contributed by atoms with Gasteiger partial charge in [-0.15, -0.1) is 10.2 Å². The molecule has 1 heterocycles. The fourth-order valence-corrected chi connectivity index (χ4v) is 1.61. The number of nitrogens with two attached hydrogens (primary N) is 1. The molecule has 5 heteroatoms. The molecule has 1 aromatic carbocycles. The Bertz CT molecular complexity index is 508. The molecule has 5 nitrogen and oxygen atoms in total. The van der Waals surface area contributed by atoms with E-state index in [0.717, 1.165) is 22.8 Å². The van der Waals surface area contributed by atoms with Crippen molar-refractivity contribution in [3.8, 4) is 17.0 Å². The number of hydrogen-bond donors (Lipinski definition) is 2. The fraction of sp³-hybridized carbons (Fsp3) is 0.286. The van der Waals surface area contributed by atoms with Crippen molar-refractivity contribution in [2.24, 2.45) is 5.73 Å². The van der Waals surface area contributed by atoms with Gasteiger partial charge in [0.15, 0.2) is 0 Å². The summed E-state index contributed by atoms with van der Waals surface area (Å²) in [6.45, 7) is 2.61. The molecule has 2 rings (SSSR count). The summed E-state index contributed by atoms with van der Waals surface area (Å²) in [5.41, 5.74) is 7.50. The Morgan fingerprint density at radius 1 is 1.16 bits per heavy atom. The molecule has 0 saturated heterocycles. The van der Waals surface area contributed by atoms with Gasteiger partial charge in [-0.05, 0) is 43.3 Å². The first-order valence-corrected chi connectivity index (χ1v) is 6.16. The first kappa shape index (κ1) is 13.3. The molecular formula is C14H18N4O. The lowest BCUT2D eigenvalue weighted by Crippen LogP contribution is -2.25. The van der Waals surface area contributed by atoms with Crippen LogP contribution < -0.4 is 15.8 Å². The van der Waals surface area contributed by atoms with Gasteiger partial charge < -0.3 is 15.8 Å². The van der Waals surface area contributed by atoms with Crippen LogP contribution >= 0.6 is 0 Å². The summed E-state index contributed by atoms with van der Waals surface area (Å²) in [7, 11) is 1.65. The highest BCUT2D eigenvalue weighted by molar-refractivity contribution is 5.60. The van der Waals surface area contributed by atoms with Gasteiger partial charge in [-0.2, -0.15) is 0 Å². The lowest BCUT2D eigenvalue weighted by Gasteiger charge is -2.08. The largest absolute Gasteiger partial charge is 0.497 e. The molecule has 0 bridgehead atoms. The molecule has 0 spiro atoms. The average molecular weight is 258 g/mol. The number of anilines is 1. The zero-order chi connectivity index (χ0) is 13.7. The highest BCUT2D eigenvalue weighted by atomic mass is 16.5. The molecule has 0 radical (unpaired) electrons. The lowest BCUT2D eigenvalue weighted by molar-refractivity contribution is 0.415. The van der Waals surface area contributed by atoms with Gasteiger partial charge in [0.2, 0.25) is 0 Å². The van der Waals surface area contributed by atoms with E-state index in [1.165, 1.54) is 0 Å². The summed E-state index contributed by atoms with van der Waals surface area (Å²) in [6.07, 6.45) is 0. The van der Waals surface area contributed by atoms with E-state index in [0.29, 0.717) is 6.54 Å². The van der Waals surface area contributed by atoms with E-state index in [9.17, 15) is 0 Å². The third-order valence-corrected chi connectivity index (χ3v) is 2.66. The zero-order valence-electron chi connectivity index (χ0n) is 11.1. The van der Waals surface area contributed by atoms with Crippen LogP contribution in [0.1, 0.15) is 6.92 Å². The molecule has 0 amide bonds. The van der Waals surface area contributed by atoms with Gasteiger partial charge in [0.05, 0.1) is 12.8 Å². The van der Waals surface area contributed by atoms with Crippen molar-refractivity contribution < 1.29 is 4.74 Å². The van der Waals surface area contributed by atoms with Crippen LogP contribution in [0.4, 0.5) is 5.82 Å². The van der Waals surface area contributed by atoms with Crippen LogP contribution in [0, 0.1) is 0 Å². The van der Waals surface area contributed by atoms with Gasteiger partial charge in [-0.1, -0.05) is 0 Å². The number of benzene rings is 1. The smallest absolute Gasteiger partial charge is 0.148 e. The van der Waals surface area contributed by atoms with Crippen LogP contribution in [0.2, 0.25) is 0 Å². The first-order chi connectivity index (χ1) is 9.19. The predicted molar refractivity (Wildman–Crippen MR) is 76.2 cm³/mol. The number of nitrogens with one attached hydrogen (secondary N) is 1.